The number of rotatable bonds is 3. The van der Waals surface area contributed by atoms with Gasteiger partial charge in [0.15, 0.2) is 11.6 Å². The van der Waals surface area contributed by atoms with Crippen LogP contribution in [0.1, 0.15) is 18.5 Å². The maximum absolute atomic E-state index is 13.6. The van der Waals surface area contributed by atoms with Crippen molar-refractivity contribution in [3.63, 3.8) is 0 Å². The van der Waals surface area contributed by atoms with Gasteiger partial charge in [-0.05, 0) is 25.1 Å². The summed E-state index contributed by atoms with van der Waals surface area (Å²) < 4.78 is 39.5. The molecule has 1 atom stereocenters. The highest BCUT2D eigenvalue weighted by Gasteiger charge is 2.12. The Bertz CT molecular complexity index is 601. The molecule has 0 spiro atoms. The Labute approximate surface area is 108 Å². The molecule has 0 saturated carbocycles. The number of hydrogen-bond donors (Lipinski definition) is 2. The van der Waals surface area contributed by atoms with Crippen molar-refractivity contribution in [2.45, 2.75) is 13.0 Å². The molecule has 0 aliphatic carbocycles. The molecule has 0 amide bonds. The SMILES string of the molecule is CC(Nc1ccc(O)c(F)c1)c1ccc(F)cc1F. The van der Waals surface area contributed by atoms with Gasteiger partial charge in [-0.2, -0.15) is 0 Å². The normalized spacial score (nSPS) is 12.2. The van der Waals surface area contributed by atoms with Crippen molar-refractivity contribution in [1.82, 2.24) is 0 Å². The van der Waals surface area contributed by atoms with Crippen LogP contribution >= 0.6 is 0 Å². The molecule has 0 radical (unpaired) electrons. The van der Waals surface area contributed by atoms with Crippen molar-refractivity contribution in [1.29, 1.82) is 0 Å². The van der Waals surface area contributed by atoms with Crippen LogP contribution in [0.5, 0.6) is 5.75 Å². The second-order valence-corrected chi connectivity index (χ2v) is 4.20. The van der Waals surface area contributed by atoms with Crippen LogP contribution in [-0.4, -0.2) is 5.11 Å². The van der Waals surface area contributed by atoms with Gasteiger partial charge in [-0.15, -0.1) is 0 Å². The van der Waals surface area contributed by atoms with Crippen LogP contribution in [0.2, 0.25) is 0 Å². The first-order valence-electron chi connectivity index (χ1n) is 5.67. The summed E-state index contributed by atoms with van der Waals surface area (Å²) >= 11 is 0. The average Bonchev–Trinajstić information content (AvgIpc) is 2.33. The zero-order chi connectivity index (χ0) is 14.0. The Balaban J connectivity index is 2.20. The van der Waals surface area contributed by atoms with Gasteiger partial charge in [-0.1, -0.05) is 6.07 Å². The first-order chi connectivity index (χ1) is 8.97. The van der Waals surface area contributed by atoms with E-state index in [1.54, 1.807) is 6.92 Å². The number of phenolic OH excluding ortho intramolecular Hbond substituents is 1. The molecular weight excluding hydrogens is 255 g/mol. The third kappa shape index (κ3) is 2.99. The van der Waals surface area contributed by atoms with Crippen LogP contribution < -0.4 is 5.32 Å². The van der Waals surface area contributed by atoms with Gasteiger partial charge in [0.05, 0.1) is 6.04 Å². The summed E-state index contributed by atoms with van der Waals surface area (Å²) in [4.78, 5) is 0. The number of hydrogen-bond acceptors (Lipinski definition) is 2. The van der Waals surface area contributed by atoms with Gasteiger partial charge in [0.1, 0.15) is 11.6 Å². The van der Waals surface area contributed by atoms with E-state index in [1.165, 1.54) is 18.2 Å². The number of anilines is 1. The van der Waals surface area contributed by atoms with E-state index in [1.807, 2.05) is 0 Å². The smallest absolute Gasteiger partial charge is 0.166 e. The lowest BCUT2D eigenvalue weighted by Gasteiger charge is -2.16. The molecule has 0 saturated heterocycles. The second-order valence-electron chi connectivity index (χ2n) is 4.20. The predicted octanol–water partition coefficient (Wildman–Crippen LogP) is 3.98. The Kier molecular flexibility index (Phi) is 3.64. The first kappa shape index (κ1) is 13.3. The summed E-state index contributed by atoms with van der Waals surface area (Å²) in [5.41, 5.74) is 0.668. The Morgan fingerprint density at radius 1 is 1.00 bits per heavy atom. The molecule has 5 heteroatoms. The lowest BCUT2D eigenvalue weighted by atomic mass is 10.1. The van der Waals surface area contributed by atoms with E-state index in [2.05, 4.69) is 5.32 Å². The second kappa shape index (κ2) is 5.22. The molecule has 100 valence electrons. The number of phenols is 1. The Morgan fingerprint density at radius 2 is 1.74 bits per heavy atom. The summed E-state index contributed by atoms with van der Waals surface area (Å²) in [6.45, 7) is 1.67. The monoisotopic (exact) mass is 267 g/mol. The average molecular weight is 267 g/mol. The highest BCUT2D eigenvalue weighted by Crippen LogP contribution is 2.25. The molecule has 0 aromatic heterocycles. The summed E-state index contributed by atoms with van der Waals surface area (Å²) in [5, 5.41) is 11.9. The van der Waals surface area contributed by atoms with Crippen LogP contribution in [-0.2, 0) is 0 Å². The zero-order valence-corrected chi connectivity index (χ0v) is 10.1. The van der Waals surface area contributed by atoms with Gasteiger partial charge >= 0.3 is 0 Å². The van der Waals surface area contributed by atoms with E-state index in [0.29, 0.717) is 5.69 Å². The van der Waals surface area contributed by atoms with Crippen LogP contribution in [0, 0.1) is 17.5 Å². The van der Waals surface area contributed by atoms with Gasteiger partial charge in [0, 0.05) is 23.4 Å². The number of aromatic hydroxyl groups is 1. The maximum atomic E-state index is 13.6. The van der Waals surface area contributed by atoms with Crippen molar-refractivity contribution in [2.75, 3.05) is 5.32 Å². The van der Waals surface area contributed by atoms with Crippen molar-refractivity contribution in [2.24, 2.45) is 0 Å². The van der Waals surface area contributed by atoms with Crippen LogP contribution in [0.15, 0.2) is 36.4 Å². The molecule has 1 unspecified atom stereocenters. The van der Waals surface area contributed by atoms with Crippen LogP contribution in [0.4, 0.5) is 18.9 Å². The van der Waals surface area contributed by atoms with E-state index >= 15 is 0 Å². The fraction of sp³-hybridized carbons (Fsp3) is 0.143. The highest BCUT2D eigenvalue weighted by molar-refractivity contribution is 5.48. The minimum atomic E-state index is -0.767. The summed E-state index contributed by atoms with van der Waals surface area (Å²) in [5.74, 6) is -2.54. The predicted molar refractivity (Wildman–Crippen MR) is 66.5 cm³/mol. The van der Waals surface area contributed by atoms with E-state index in [4.69, 9.17) is 5.11 Å². The van der Waals surface area contributed by atoms with Gasteiger partial charge in [-0.3, -0.25) is 0 Å². The van der Waals surface area contributed by atoms with Crippen molar-refractivity contribution in [3.05, 3.63) is 59.4 Å². The summed E-state index contributed by atoms with van der Waals surface area (Å²) in [6.07, 6.45) is 0. The largest absolute Gasteiger partial charge is 0.505 e. The first-order valence-corrected chi connectivity index (χ1v) is 5.67. The van der Waals surface area contributed by atoms with Gasteiger partial charge in [0.2, 0.25) is 0 Å². The van der Waals surface area contributed by atoms with Crippen molar-refractivity contribution >= 4 is 5.69 Å². The van der Waals surface area contributed by atoms with Crippen LogP contribution in [0.25, 0.3) is 0 Å². The number of halogens is 3. The molecule has 0 aliphatic heterocycles. The molecule has 0 heterocycles. The Hall–Kier alpha value is -2.17. The molecule has 0 bridgehead atoms. The van der Waals surface area contributed by atoms with E-state index in [-0.39, 0.29) is 5.56 Å². The summed E-state index contributed by atoms with van der Waals surface area (Å²) in [7, 11) is 0. The fourth-order valence-electron chi connectivity index (χ4n) is 1.78. The number of benzene rings is 2. The highest BCUT2D eigenvalue weighted by atomic mass is 19.1. The van der Waals surface area contributed by atoms with Crippen LogP contribution in [0.3, 0.4) is 0 Å². The zero-order valence-electron chi connectivity index (χ0n) is 10.1. The molecule has 0 aliphatic rings. The molecule has 19 heavy (non-hydrogen) atoms. The molecule has 2 aromatic rings. The molecule has 2 rings (SSSR count). The minimum absolute atomic E-state index is 0.273. The standard InChI is InChI=1S/C14H12F3NO/c1-8(11-4-2-9(15)6-12(11)16)18-10-3-5-14(19)13(17)7-10/h2-8,18-19H,1H3. The molecule has 0 fully saturated rings. The lowest BCUT2D eigenvalue weighted by Crippen LogP contribution is -2.09. The Morgan fingerprint density at radius 3 is 2.37 bits per heavy atom. The lowest BCUT2D eigenvalue weighted by molar-refractivity contribution is 0.432. The summed E-state index contributed by atoms with van der Waals surface area (Å²) in [6, 6.07) is 6.59. The number of nitrogens with one attached hydrogen (secondary N) is 1. The van der Waals surface area contributed by atoms with E-state index < -0.39 is 29.2 Å². The van der Waals surface area contributed by atoms with Gasteiger partial charge in [-0.25, -0.2) is 13.2 Å². The molecular formula is C14H12F3NO. The quantitative estimate of drug-likeness (QED) is 0.824. The third-order valence-electron chi connectivity index (χ3n) is 2.76. The minimum Gasteiger partial charge on any atom is -0.505 e. The maximum Gasteiger partial charge on any atom is 0.166 e. The van der Waals surface area contributed by atoms with Crippen molar-refractivity contribution < 1.29 is 18.3 Å². The third-order valence-corrected chi connectivity index (χ3v) is 2.76. The fourth-order valence-corrected chi connectivity index (χ4v) is 1.78. The van der Waals surface area contributed by atoms with E-state index in [0.717, 1.165) is 18.2 Å². The molecule has 2 nitrogen and oxygen atoms in total. The van der Waals surface area contributed by atoms with Gasteiger partial charge in [0.25, 0.3) is 0 Å². The van der Waals surface area contributed by atoms with Crippen molar-refractivity contribution in [3.8, 4) is 5.75 Å². The molecule has 2 aromatic carbocycles. The van der Waals surface area contributed by atoms with Gasteiger partial charge < -0.3 is 10.4 Å². The van der Waals surface area contributed by atoms with E-state index in [9.17, 15) is 13.2 Å². The topological polar surface area (TPSA) is 32.3 Å². The molecule has 2 N–H and O–H groups in total.